The molecule has 8 nitrogen and oxygen atoms in total. The van der Waals surface area contributed by atoms with Crippen LogP contribution < -0.4 is 5.48 Å². The number of para-hydroxylation sites is 1. The Bertz CT molecular complexity index is 1230. The van der Waals surface area contributed by atoms with Gasteiger partial charge >= 0.3 is 6.09 Å². The minimum absolute atomic E-state index is 0.211. The average Bonchev–Trinajstić information content (AvgIpc) is 3.24. The number of nitrogens with one attached hydrogen (secondary N) is 1. The molecule has 10 heteroatoms. The fraction of sp³-hybridized carbons (Fsp3) is 0.423. The summed E-state index contributed by atoms with van der Waals surface area (Å²) in [4.78, 5) is 28.4. The van der Waals surface area contributed by atoms with Crippen LogP contribution in [0.2, 0.25) is 25.7 Å². The second-order valence-corrected chi connectivity index (χ2v) is 16.7. The number of hydrogen-bond donors (Lipinski definition) is 1. The van der Waals surface area contributed by atoms with Crippen LogP contribution in [0.1, 0.15) is 24.8 Å². The van der Waals surface area contributed by atoms with Gasteiger partial charge in [-0.25, -0.2) is 14.8 Å². The summed E-state index contributed by atoms with van der Waals surface area (Å²) in [6.45, 7) is 13.6. The first-order valence-electron chi connectivity index (χ1n) is 12.3. The first kappa shape index (κ1) is 26.4. The minimum Gasteiger partial charge on any atom is -0.361 e. The van der Waals surface area contributed by atoms with Crippen molar-refractivity contribution in [2.24, 2.45) is 0 Å². The summed E-state index contributed by atoms with van der Waals surface area (Å²) in [5.74, 6) is 0.211. The number of halogens is 1. The number of carbonyl (C=O) groups is 1. The number of amides is 1. The number of rotatable bonds is 9. The van der Waals surface area contributed by atoms with Crippen molar-refractivity contribution >= 4 is 53.0 Å². The van der Waals surface area contributed by atoms with Gasteiger partial charge in [-0.05, 0) is 47.3 Å². The Kier molecular flexibility index (Phi) is 8.48. The first-order valence-corrected chi connectivity index (χ1v) is 16.8. The fourth-order valence-electron chi connectivity index (χ4n) is 4.18. The summed E-state index contributed by atoms with van der Waals surface area (Å²) in [6, 6.07) is 7.19. The smallest absolute Gasteiger partial charge is 0.361 e. The van der Waals surface area contributed by atoms with Gasteiger partial charge in [-0.2, -0.15) is 5.48 Å². The third-order valence-electron chi connectivity index (χ3n) is 6.21. The number of anilines is 1. The van der Waals surface area contributed by atoms with Gasteiger partial charge in [-0.3, -0.25) is 0 Å². The van der Waals surface area contributed by atoms with Crippen LogP contribution in [0.5, 0.6) is 0 Å². The molecule has 1 fully saturated rings. The number of likely N-dealkylation sites (tertiary alicyclic amines) is 1. The first-order chi connectivity index (χ1) is 17.3. The van der Waals surface area contributed by atoms with Crippen LogP contribution in [0.3, 0.4) is 0 Å². The van der Waals surface area contributed by atoms with Crippen molar-refractivity contribution in [1.82, 2.24) is 19.4 Å². The number of nitrogens with zero attached hydrogens (tertiary/aromatic N) is 4. The van der Waals surface area contributed by atoms with E-state index < -0.39 is 14.2 Å². The minimum atomic E-state index is -1.17. The topological polar surface area (TPSA) is 81.5 Å². The molecule has 2 aromatic heterocycles. The molecule has 1 aliphatic rings. The van der Waals surface area contributed by atoms with E-state index in [9.17, 15) is 4.79 Å². The standard InChI is InChI=1S/C26H34BrN5O3Si/c1-5-19-16-28-25(30-35-26(33)31-12-7-6-8-13-31)29-23(19)21-17-32(18-34-14-15-36(2,3)4)24-20(21)10-9-11-22(24)27/h5,9-11,16-17H,1,6-8,12-15,18H2,2-4H3,(H,28,29,30). The van der Waals surface area contributed by atoms with Gasteiger partial charge in [-0.1, -0.05) is 44.4 Å². The monoisotopic (exact) mass is 571 g/mol. The number of benzene rings is 1. The maximum atomic E-state index is 12.4. The van der Waals surface area contributed by atoms with E-state index in [2.05, 4.69) is 63.2 Å². The molecule has 3 heterocycles. The van der Waals surface area contributed by atoms with E-state index in [-0.39, 0.29) is 5.95 Å². The van der Waals surface area contributed by atoms with E-state index in [1.807, 2.05) is 18.3 Å². The van der Waals surface area contributed by atoms with E-state index in [0.29, 0.717) is 25.5 Å². The van der Waals surface area contributed by atoms with E-state index >= 15 is 0 Å². The lowest BCUT2D eigenvalue weighted by molar-refractivity contribution is 0.0902. The molecule has 1 N–H and O–H groups in total. The van der Waals surface area contributed by atoms with Gasteiger partial charge in [0.05, 0.1) is 11.2 Å². The highest BCUT2D eigenvalue weighted by Crippen LogP contribution is 2.36. The second-order valence-electron chi connectivity index (χ2n) is 10.2. The molecule has 3 aromatic rings. The molecule has 0 radical (unpaired) electrons. The van der Waals surface area contributed by atoms with Gasteiger partial charge < -0.3 is 19.0 Å². The molecule has 0 spiro atoms. The SMILES string of the molecule is C=Cc1cnc(NOC(=O)N2CCCCC2)nc1-c1cn(COCC[Si](C)(C)C)c2c(Br)cccc12. The molecule has 4 rings (SSSR count). The quantitative estimate of drug-likeness (QED) is 0.173. The molecule has 1 amide bonds. The summed E-state index contributed by atoms with van der Waals surface area (Å²) >= 11 is 3.71. The third kappa shape index (κ3) is 6.35. The van der Waals surface area contributed by atoms with E-state index in [4.69, 9.17) is 14.6 Å². The van der Waals surface area contributed by atoms with Crippen LogP contribution in [-0.2, 0) is 16.3 Å². The van der Waals surface area contributed by atoms with Gasteiger partial charge in [-0.15, -0.1) is 0 Å². The number of hydrogen-bond acceptors (Lipinski definition) is 6. The summed E-state index contributed by atoms with van der Waals surface area (Å²) in [5.41, 5.74) is 6.06. The number of aromatic nitrogens is 3. The Morgan fingerprint density at radius 1 is 1.25 bits per heavy atom. The van der Waals surface area contributed by atoms with Gasteiger partial charge in [0.25, 0.3) is 5.95 Å². The van der Waals surface area contributed by atoms with Gasteiger partial charge in [0.1, 0.15) is 6.73 Å². The highest BCUT2D eigenvalue weighted by atomic mass is 79.9. The summed E-state index contributed by atoms with van der Waals surface area (Å²) in [7, 11) is -1.17. The summed E-state index contributed by atoms with van der Waals surface area (Å²) in [5, 5.41) is 1.02. The van der Waals surface area contributed by atoms with Crippen molar-refractivity contribution < 1.29 is 14.4 Å². The van der Waals surface area contributed by atoms with E-state index in [1.54, 1.807) is 17.2 Å². The second kappa shape index (κ2) is 11.6. The molecule has 0 saturated carbocycles. The molecular weight excluding hydrogens is 538 g/mol. The highest BCUT2D eigenvalue weighted by Gasteiger charge is 2.20. The van der Waals surface area contributed by atoms with Crippen molar-refractivity contribution in [3.05, 3.63) is 47.2 Å². The zero-order valence-corrected chi connectivity index (χ0v) is 23.8. The van der Waals surface area contributed by atoms with Crippen LogP contribution in [0.25, 0.3) is 28.2 Å². The number of ether oxygens (including phenoxy) is 1. The van der Waals surface area contributed by atoms with Crippen molar-refractivity contribution in [3.8, 4) is 11.3 Å². The van der Waals surface area contributed by atoms with Crippen molar-refractivity contribution in [2.75, 3.05) is 25.2 Å². The third-order valence-corrected chi connectivity index (χ3v) is 8.56. The molecule has 0 unspecified atom stereocenters. The number of carbonyl (C=O) groups excluding carboxylic acids is 1. The molecule has 0 bridgehead atoms. The maximum Gasteiger partial charge on any atom is 0.434 e. The van der Waals surface area contributed by atoms with Gasteiger partial charge in [0, 0.05) is 61.1 Å². The molecule has 192 valence electrons. The Morgan fingerprint density at radius 2 is 2.03 bits per heavy atom. The fourth-order valence-corrected chi connectivity index (χ4v) is 5.53. The van der Waals surface area contributed by atoms with Crippen LogP contribution in [0.15, 0.2) is 41.6 Å². The van der Waals surface area contributed by atoms with Crippen molar-refractivity contribution in [3.63, 3.8) is 0 Å². The predicted octanol–water partition coefficient (Wildman–Crippen LogP) is 6.77. The van der Waals surface area contributed by atoms with Crippen LogP contribution in [0.4, 0.5) is 10.7 Å². The molecular formula is C26H34BrN5O3Si. The normalized spacial score (nSPS) is 14.2. The van der Waals surface area contributed by atoms with Crippen molar-refractivity contribution in [1.29, 1.82) is 0 Å². The summed E-state index contributed by atoms with van der Waals surface area (Å²) in [6.07, 6.45) is 8.16. The molecule has 1 aromatic carbocycles. The molecule has 0 aliphatic carbocycles. The lowest BCUT2D eigenvalue weighted by atomic mass is 10.1. The lowest BCUT2D eigenvalue weighted by Gasteiger charge is -2.25. The Balaban J connectivity index is 1.60. The lowest BCUT2D eigenvalue weighted by Crippen LogP contribution is -2.37. The Hall–Kier alpha value is -2.69. The zero-order valence-electron chi connectivity index (χ0n) is 21.2. The van der Waals surface area contributed by atoms with Crippen LogP contribution in [-0.4, -0.2) is 53.3 Å². The zero-order chi connectivity index (χ0) is 25.7. The summed E-state index contributed by atoms with van der Waals surface area (Å²) < 4.78 is 9.13. The van der Waals surface area contributed by atoms with Crippen molar-refractivity contribution in [2.45, 2.75) is 51.7 Å². The largest absolute Gasteiger partial charge is 0.434 e. The predicted molar refractivity (Wildman–Crippen MR) is 150 cm³/mol. The van der Waals surface area contributed by atoms with Crippen LogP contribution in [0, 0.1) is 0 Å². The average molecular weight is 573 g/mol. The number of piperidine rings is 1. The van der Waals surface area contributed by atoms with Crippen LogP contribution >= 0.6 is 15.9 Å². The molecule has 36 heavy (non-hydrogen) atoms. The molecule has 1 aliphatic heterocycles. The van der Waals surface area contributed by atoms with E-state index in [1.165, 1.54) is 0 Å². The highest BCUT2D eigenvalue weighted by molar-refractivity contribution is 9.10. The van der Waals surface area contributed by atoms with E-state index in [0.717, 1.165) is 58.4 Å². The Morgan fingerprint density at radius 3 is 2.75 bits per heavy atom. The van der Waals surface area contributed by atoms with Gasteiger partial charge in [0.15, 0.2) is 0 Å². The number of fused-ring (bicyclic) bond motifs is 1. The maximum absolute atomic E-state index is 12.4. The molecule has 0 atom stereocenters. The van der Waals surface area contributed by atoms with Gasteiger partial charge in [0.2, 0.25) is 0 Å². The molecule has 1 saturated heterocycles. The Labute approximate surface area is 221 Å².